The highest BCUT2D eigenvalue weighted by atomic mass is 32.1. The number of hydrogen-bond acceptors (Lipinski definition) is 2. The number of anilines is 1. The molecular weight excluding hydrogens is 218 g/mol. The van der Waals surface area contributed by atoms with Gasteiger partial charge in [0.05, 0.1) is 0 Å². The molecule has 0 spiro atoms. The van der Waals surface area contributed by atoms with Crippen molar-refractivity contribution in [3.63, 3.8) is 0 Å². The Balaban J connectivity index is 2.42. The largest absolute Gasteiger partial charge is 0.378 e. The molecule has 0 saturated carbocycles. The molecule has 1 heterocycles. The predicted octanol–water partition coefficient (Wildman–Crippen LogP) is 2.91. The summed E-state index contributed by atoms with van der Waals surface area (Å²) in [5.41, 5.74) is 3.34. The summed E-state index contributed by atoms with van der Waals surface area (Å²) in [5.74, 6) is 0. The molecule has 0 aliphatic carbocycles. The number of rotatable bonds is 2. The molecule has 2 aromatic rings. The number of aromatic amines is 1. The van der Waals surface area contributed by atoms with Crippen molar-refractivity contribution in [3.05, 3.63) is 40.9 Å². The number of benzene rings is 1. The Kier molecular flexibility index (Phi) is 2.83. The van der Waals surface area contributed by atoms with E-state index < -0.39 is 0 Å². The third-order valence-electron chi connectivity index (χ3n) is 2.49. The predicted molar refractivity (Wildman–Crippen MR) is 70.0 cm³/mol. The topological polar surface area (TPSA) is 24.0 Å². The molecule has 0 aliphatic heterocycles. The van der Waals surface area contributed by atoms with E-state index in [2.05, 4.69) is 34.1 Å². The van der Waals surface area contributed by atoms with Crippen LogP contribution in [0.25, 0.3) is 5.69 Å². The summed E-state index contributed by atoms with van der Waals surface area (Å²) < 4.78 is 2.71. The van der Waals surface area contributed by atoms with Gasteiger partial charge in [-0.05, 0) is 43.4 Å². The van der Waals surface area contributed by atoms with Crippen LogP contribution >= 0.6 is 12.2 Å². The number of imidazole rings is 1. The average molecular weight is 233 g/mol. The number of aromatic nitrogens is 2. The fourth-order valence-corrected chi connectivity index (χ4v) is 1.94. The van der Waals surface area contributed by atoms with Crippen molar-refractivity contribution in [2.24, 2.45) is 0 Å². The molecule has 1 aromatic carbocycles. The third-order valence-corrected chi connectivity index (χ3v) is 2.79. The first-order chi connectivity index (χ1) is 7.58. The van der Waals surface area contributed by atoms with Gasteiger partial charge >= 0.3 is 0 Å². The maximum Gasteiger partial charge on any atom is 0.181 e. The maximum absolute atomic E-state index is 5.24. The normalized spacial score (nSPS) is 10.4. The van der Waals surface area contributed by atoms with E-state index in [1.54, 1.807) is 0 Å². The molecule has 16 heavy (non-hydrogen) atoms. The molecule has 0 bridgehead atoms. The minimum atomic E-state index is 0.732. The highest BCUT2D eigenvalue weighted by molar-refractivity contribution is 7.71. The summed E-state index contributed by atoms with van der Waals surface area (Å²) in [6.45, 7) is 2.00. The highest BCUT2D eigenvalue weighted by Crippen LogP contribution is 2.16. The molecular formula is C12H15N3S. The first-order valence-corrected chi connectivity index (χ1v) is 5.55. The van der Waals surface area contributed by atoms with Crippen LogP contribution in [0.5, 0.6) is 0 Å². The lowest BCUT2D eigenvalue weighted by Gasteiger charge is -2.12. The molecule has 0 aliphatic rings. The van der Waals surface area contributed by atoms with Gasteiger partial charge in [-0.1, -0.05) is 0 Å². The number of aryl methyl sites for hydroxylation is 1. The quantitative estimate of drug-likeness (QED) is 0.806. The first-order valence-electron chi connectivity index (χ1n) is 5.14. The summed E-state index contributed by atoms with van der Waals surface area (Å²) >= 11 is 5.24. The van der Waals surface area contributed by atoms with E-state index in [9.17, 15) is 0 Å². The van der Waals surface area contributed by atoms with E-state index in [1.807, 2.05) is 31.8 Å². The van der Waals surface area contributed by atoms with Crippen LogP contribution in [0.3, 0.4) is 0 Å². The number of hydrogen-bond donors (Lipinski definition) is 1. The number of H-pyrrole nitrogens is 1. The van der Waals surface area contributed by atoms with Crippen LogP contribution < -0.4 is 4.90 Å². The van der Waals surface area contributed by atoms with Gasteiger partial charge in [-0.15, -0.1) is 0 Å². The number of nitrogens with zero attached hydrogens (tertiary/aromatic N) is 2. The van der Waals surface area contributed by atoms with Crippen molar-refractivity contribution in [1.82, 2.24) is 9.55 Å². The van der Waals surface area contributed by atoms with Crippen LogP contribution in [0.15, 0.2) is 30.5 Å². The van der Waals surface area contributed by atoms with Crippen LogP contribution in [0.2, 0.25) is 0 Å². The van der Waals surface area contributed by atoms with E-state index in [4.69, 9.17) is 12.2 Å². The Hall–Kier alpha value is -1.55. The summed E-state index contributed by atoms with van der Waals surface area (Å²) in [6, 6.07) is 8.30. The lowest BCUT2D eigenvalue weighted by atomic mass is 10.2. The highest BCUT2D eigenvalue weighted by Gasteiger charge is 2.00. The molecule has 1 N–H and O–H groups in total. The van der Waals surface area contributed by atoms with Crippen molar-refractivity contribution in [3.8, 4) is 5.69 Å². The molecule has 0 radical (unpaired) electrons. The molecule has 0 fully saturated rings. The van der Waals surface area contributed by atoms with Crippen molar-refractivity contribution < 1.29 is 0 Å². The zero-order valence-corrected chi connectivity index (χ0v) is 10.5. The maximum atomic E-state index is 5.24. The molecule has 0 atom stereocenters. The molecule has 84 valence electrons. The third kappa shape index (κ3) is 2.02. The summed E-state index contributed by atoms with van der Waals surface area (Å²) in [4.78, 5) is 5.19. The van der Waals surface area contributed by atoms with Gasteiger partial charge in [0.1, 0.15) is 0 Å². The van der Waals surface area contributed by atoms with Gasteiger partial charge in [0.2, 0.25) is 0 Å². The van der Waals surface area contributed by atoms with Gasteiger partial charge in [-0.25, -0.2) is 0 Å². The fraction of sp³-hybridized carbons (Fsp3) is 0.250. The van der Waals surface area contributed by atoms with Gasteiger partial charge in [-0.2, -0.15) is 0 Å². The second-order valence-corrected chi connectivity index (χ2v) is 4.41. The van der Waals surface area contributed by atoms with E-state index in [-0.39, 0.29) is 0 Å². The van der Waals surface area contributed by atoms with Crippen molar-refractivity contribution in [2.75, 3.05) is 19.0 Å². The van der Waals surface area contributed by atoms with Gasteiger partial charge in [0.15, 0.2) is 4.77 Å². The van der Waals surface area contributed by atoms with Gasteiger partial charge < -0.3 is 9.88 Å². The Bertz CT molecular complexity index is 534. The Morgan fingerprint density at radius 1 is 1.19 bits per heavy atom. The molecule has 0 saturated heterocycles. The monoisotopic (exact) mass is 233 g/mol. The van der Waals surface area contributed by atoms with E-state index >= 15 is 0 Å². The van der Waals surface area contributed by atoms with Crippen LogP contribution in [0, 0.1) is 11.7 Å². The zero-order chi connectivity index (χ0) is 11.7. The van der Waals surface area contributed by atoms with Gasteiger partial charge in [0.25, 0.3) is 0 Å². The molecule has 3 nitrogen and oxygen atoms in total. The van der Waals surface area contributed by atoms with Crippen LogP contribution in [-0.2, 0) is 0 Å². The zero-order valence-electron chi connectivity index (χ0n) is 9.69. The second-order valence-electron chi connectivity index (χ2n) is 4.02. The van der Waals surface area contributed by atoms with Crippen LogP contribution in [-0.4, -0.2) is 23.6 Å². The van der Waals surface area contributed by atoms with Gasteiger partial charge in [-0.3, -0.25) is 4.57 Å². The standard InChI is InChI=1S/C12H15N3S/c1-9-8-15(12(16)13-9)11-6-4-10(5-7-11)14(2)3/h4-8H,1-3H3,(H,13,16). The van der Waals surface area contributed by atoms with Crippen LogP contribution in [0.1, 0.15) is 5.69 Å². The lowest BCUT2D eigenvalue weighted by Crippen LogP contribution is -2.08. The van der Waals surface area contributed by atoms with E-state index in [0.29, 0.717) is 0 Å². The summed E-state index contributed by atoms with van der Waals surface area (Å²) in [6.07, 6.45) is 2.01. The summed E-state index contributed by atoms with van der Waals surface area (Å²) in [7, 11) is 4.06. The van der Waals surface area contributed by atoms with Gasteiger partial charge in [0, 0.05) is 37.4 Å². The van der Waals surface area contributed by atoms with Crippen LogP contribution in [0.4, 0.5) is 5.69 Å². The molecule has 4 heteroatoms. The Morgan fingerprint density at radius 2 is 1.81 bits per heavy atom. The number of nitrogens with one attached hydrogen (secondary N) is 1. The Morgan fingerprint density at radius 3 is 2.25 bits per heavy atom. The fourth-order valence-electron chi connectivity index (χ4n) is 1.62. The lowest BCUT2D eigenvalue weighted by molar-refractivity contribution is 1.03. The van der Waals surface area contributed by atoms with Crippen molar-refractivity contribution in [1.29, 1.82) is 0 Å². The van der Waals surface area contributed by atoms with E-state index in [0.717, 1.165) is 16.2 Å². The minimum absolute atomic E-state index is 0.732. The molecule has 0 amide bonds. The smallest absolute Gasteiger partial charge is 0.181 e. The van der Waals surface area contributed by atoms with E-state index in [1.165, 1.54) is 5.69 Å². The second kappa shape index (κ2) is 4.14. The molecule has 2 rings (SSSR count). The molecule has 1 aromatic heterocycles. The van der Waals surface area contributed by atoms with Crippen molar-refractivity contribution >= 4 is 17.9 Å². The minimum Gasteiger partial charge on any atom is -0.378 e. The Labute approximate surface area is 100 Å². The van der Waals surface area contributed by atoms with Crippen molar-refractivity contribution in [2.45, 2.75) is 6.92 Å². The summed E-state index contributed by atoms with van der Waals surface area (Å²) in [5, 5.41) is 0. The first kappa shape index (κ1) is 11.0. The SMILES string of the molecule is Cc1cn(-c2ccc(N(C)C)cc2)c(=S)[nH]1. The molecule has 0 unspecified atom stereocenters. The average Bonchev–Trinajstić information content (AvgIpc) is 2.58.